The number of hydrogen-bond acceptors (Lipinski definition) is 1. The third-order valence-electron chi connectivity index (χ3n) is 3.08. The van der Waals surface area contributed by atoms with Crippen molar-refractivity contribution in [2.24, 2.45) is 0 Å². The summed E-state index contributed by atoms with van der Waals surface area (Å²) in [5, 5.41) is 6.13. The molecule has 0 unspecified atom stereocenters. The minimum atomic E-state index is 0.690. The van der Waals surface area contributed by atoms with Crippen LogP contribution in [0.1, 0.15) is 5.56 Å². The van der Waals surface area contributed by atoms with Gasteiger partial charge < -0.3 is 0 Å². The Labute approximate surface area is 131 Å². The number of halogens is 2. The first-order valence-electron chi connectivity index (χ1n) is 6.24. The summed E-state index contributed by atoms with van der Waals surface area (Å²) in [6.45, 7) is 0. The topological polar surface area (TPSA) is 17.8 Å². The van der Waals surface area contributed by atoms with Gasteiger partial charge in [0.05, 0.1) is 16.4 Å². The second-order valence-corrected chi connectivity index (χ2v) is 5.37. The molecule has 0 amide bonds. The first kappa shape index (κ1) is 13.4. The van der Waals surface area contributed by atoms with Gasteiger partial charge in [-0.1, -0.05) is 70.0 Å². The predicted molar refractivity (Wildman–Crippen MR) is 86.6 cm³/mol. The van der Waals surface area contributed by atoms with Crippen LogP contribution in [0.5, 0.6) is 0 Å². The molecule has 0 aliphatic heterocycles. The van der Waals surface area contributed by atoms with Crippen molar-refractivity contribution in [1.82, 2.24) is 9.78 Å². The quantitative estimate of drug-likeness (QED) is 0.604. The van der Waals surface area contributed by atoms with Crippen molar-refractivity contribution in [1.29, 1.82) is 0 Å². The van der Waals surface area contributed by atoms with Crippen LogP contribution in [0, 0.1) is 0 Å². The zero-order chi connectivity index (χ0) is 13.9. The van der Waals surface area contributed by atoms with E-state index in [1.807, 2.05) is 53.3 Å². The summed E-state index contributed by atoms with van der Waals surface area (Å²) in [6, 6.07) is 17.9. The van der Waals surface area contributed by atoms with Crippen molar-refractivity contribution in [2.75, 3.05) is 0 Å². The minimum Gasteiger partial charge on any atom is -0.239 e. The fourth-order valence-electron chi connectivity index (χ4n) is 2.11. The lowest BCUT2D eigenvalue weighted by molar-refractivity contribution is 0.884. The van der Waals surface area contributed by atoms with Crippen molar-refractivity contribution < 1.29 is 0 Å². The number of hydrogen-bond donors (Lipinski definition) is 0. The van der Waals surface area contributed by atoms with E-state index in [1.54, 1.807) is 0 Å². The molecule has 3 rings (SSSR count). The Morgan fingerprint density at radius 3 is 2.40 bits per heavy atom. The second-order valence-electron chi connectivity index (χ2n) is 4.40. The molecule has 100 valence electrons. The Morgan fingerprint density at radius 2 is 1.70 bits per heavy atom. The number of nitrogens with zero attached hydrogens (tertiary/aromatic N) is 2. The minimum absolute atomic E-state index is 0.690. The maximum atomic E-state index is 6.24. The molecule has 1 aromatic heterocycles. The molecule has 0 aliphatic carbocycles. The van der Waals surface area contributed by atoms with Gasteiger partial charge in [-0.05, 0) is 12.1 Å². The molecule has 2 nitrogen and oxygen atoms in total. The molecular formula is C16H12BrClN2. The van der Waals surface area contributed by atoms with E-state index in [0.29, 0.717) is 5.02 Å². The average Bonchev–Trinajstić information content (AvgIpc) is 2.92. The van der Waals surface area contributed by atoms with Crippen LogP contribution in [0.25, 0.3) is 16.9 Å². The molecule has 0 atom stereocenters. The van der Waals surface area contributed by atoms with Crippen LogP contribution in [0.15, 0.2) is 60.8 Å². The van der Waals surface area contributed by atoms with Crippen LogP contribution < -0.4 is 0 Å². The molecule has 0 N–H and O–H groups in total. The maximum Gasteiger partial charge on any atom is 0.0968 e. The highest BCUT2D eigenvalue weighted by Crippen LogP contribution is 2.27. The fourth-order valence-corrected chi connectivity index (χ4v) is 2.74. The number of benzene rings is 2. The molecule has 4 heteroatoms. The van der Waals surface area contributed by atoms with E-state index >= 15 is 0 Å². The first-order chi connectivity index (χ1) is 9.79. The molecule has 0 aliphatic rings. The van der Waals surface area contributed by atoms with Gasteiger partial charge in [0.25, 0.3) is 0 Å². The van der Waals surface area contributed by atoms with Gasteiger partial charge in [-0.2, -0.15) is 5.10 Å². The molecule has 0 saturated carbocycles. The van der Waals surface area contributed by atoms with Gasteiger partial charge in [0.1, 0.15) is 0 Å². The average molecular weight is 348 g/mol. The lowest BCUT2D eigenvalue weighted by Crippen LogP contribution is -1.95. The summed E-state index contributed by atoms with van der Waals surface area (Å²) < 4.78 is 1.83. The normalized spacial score (nSPS) is 10.7. The highest BCUT2D eigenvalue weighted by atomic mass is 79.9. The number of rotatable bonds is 3. The number of para-hydroxylation sites is 1. The number of aromatic nitrogens is 2. The maximum absolute atomic E-state index is 6.24. The third kappa shape index (κ3) is 2.51. The monoisotopic (exact) mass is 346 g/mol. The van der Waals surface area contributed by atoms with Gasteiger partial charge in [0, 0.05) is 22.7 Å². The van der Waals surface area contributed by atoms with Gasteiger partial charge in [0.2, 0.25) is 0 Å². The van der Waals surface area contributed by atoms with Crippen LogP contribution in [-0.2, 0) is 5.33 Å². The molecule has 0 spiro atoms. The van der Waals surface area contributed by atoms with E-state index in [0.717, 1.165) is 27.8 Å². The van der Waals surface area contributed by atoms with Crippen molar-refractivity contribution >= 4 is 27.5 Å². The Bertz CT molecular complexity index is 722. The molecule has 2 aromatic carbocycles. The summed E-state index contributed by atoms with van der Waals surface area (Å²) in [5.41, 5.74) is 4.10. The predicted octanol–water partition coefficient (Wildman–Crippen LogP) is 5.09. The Hall–Kier alpha value is -1.58. The largest absolute Gasteiger partial charge is 0.239 e. The van der Waals surface area contributed by atoms with Crippen molar-refractivity contribution in [2.45, 2.75) is 5.33 Å². The summed E-state index contributed by atoms with van der Waals surface area (Å²) in [7, 11) is 0. The van der Waals surface area contributed by atoms with E-state index in [1.165, 1.54) is 0 Å². The summed E-state index contributed by atoms with van der Waals surface area (Å²) in [6.07, 6.45) is 2.01. The van der Waals surface area contributed by atoms with Gasteiger partial charge >= 0.3 is 0 Å². The lowest BCUT2D eigenvalue weighted by Gasteiger charge is -2.03. The van der Waals surface area contributed by atoms with E-state index in [-0.39, 0.29) is 0 Å². The van der Waals surface area contributed by atoms with Crippen molar-refractivity contribution in [3.8, 4) is 16.9 Å². The van der Waals surface area contributed by atoms with E-state index in [2.05, 4.69) is 33.2 Å². The number of alkyl halides is 1. The van der Waals surface area contributed by atoms with Crippen LogP contribution in [0.4, 0.5) is 0 Å². The summed E-state index contributed by atoms with van der Waals surface area (Å²) >= 11 is 9.76. The molecule has 3 aromatic rings. The van der Waals surface area contributed by atoms with E-state index < -0.39 is 0 Å². The molecular weight excluding hydrogens is 336 g/mol. The molecule has 20 heavy (non-hydrogen) atoms. The molecule has 0 saturated heterocycles. The highest BCUT2D eigenvalue weighted by Gasteiger charge is 2.12. The third-order valence-corrected chi connectivity index (χ3v) is 4.00. The van der Waals surface area contributed by atoms with Crippen LogP contribution in [-0.4, -0.2) is 9.78 Å². The standard InChI is InChI=1S/C16H12BrClN2/c17-10-13-11-20(15-9-5-4-8-14(15)18)19-16(13)12-6-2-1-3-7-12/h1-9,11H,10H2. The van der Waals surface area contributed by atoms with Gasteiger partial charge in [-0.25, -0.2) is 4.68 Å². The molecule has 0 fully saturated rings. The van der Waals surface area contributed by atoms with Crippen LogP contribution in [0.3, 0.4) is 0 Å². The van der Waals surface area contributed by atoms with Crippen molar-refractivity contribution in [3.05, 3.63) is 71.4 Å². The summed E-state index contributed by atoms with van der Waals surface area (Å²) in [4.78, 5) is 0. The fraction of sp³-hybridized carbons (Fsp3) is 0.0625. The van der Waals surface area contributed by atoms with E-state index in [4.69, 9.17) is 11.6 Å². The van der Waals surface area contributed by atoms with E-state index in [9.17, 15) is 0 Å². The van der Waals surface area contributed by atoms with Gasteiger partial charge in [0.15, 0.2) is 0 Å². The molecule has 0 radical (unpaired) electrons. The zero-order valence-electron chi connectivity index (χ0n) is 10.6. The Morgan fingerprint density at radius 1 is 1.00 bits per heavy atom. The lowest BCUT2D eigenvalue weighted by atomic mass is 10.1. The van der Waals surface area contributed by atoms with Gasteiger partial charge in [-0.15, -0.1) is 0 Å². The van der Waals surface area contributed by atoms with Gasteiger partial charge in [-0.3, -0.25) is 0 Å². The highest BCUT2D eigenvalue weighted by molar-refractivity contribution is 9.08. The first-order valence-corrected chi connectivity index (χ1v) is 7.74. The van der Waals surface area contributed by atoms with Crippen LogP contribution >= 0.6 is 27.5 Å². The second kappa shape index (κ2) is 5.81. The smallest absolute Gasteiger partial charge is 0.0968 e. The summed E-state index contributed by atoms with van der Waals surface area (Å²) in [5.74, 6) is 0. The van der Waals surface area contributed by atoms with Crippen molar-refractivity contribution in [3.63, 3.8) is 0 Å². The van der Waals surface area contributed by atoms with Crippen LogP contribution in [0.2, 0.25) is 5.02 Å². The Balaban J connectivity index is 2.13. The molecule has 1 heterocycles. The molecule has 0 bridgehead atoms. The SMILES string of the molecule is Clc1ccccc1-n1cc(CBr)c(-c2ccccc2)n1. The zero-order valence-corrected chi connectivity index (χ0v) is 13.0. The Kier molecular flexibility index (Phi) is 3.90.